The molecule has 0 spiro atoms. The number of ether oxygens (including phenoxy) is 1. The Kier molecular flexibility index (Phi) is 3.93. The zero-order valence-electron chi connectivity index (χ0n) is 12.3. The molecule has 0 aliphatic heterocycles. The van der Waals surface area contributed by atoms with Gasteiger partial charge in [-0.1, -0.05) is 12.1 Å². The van der Waals surface area contributed by atoms with Crippen LogP contribution in [0.15, 0.2) is 24.3 Å². The first-order chi connectivity index (χ1) is 9.45. The number of benzene rings is 1. The first-order valence-corrected chi connectivity index (χ1v) is 6.78. The van der Waals surface area contributed by atoms with Crippen LogP contribution in [0.3, 0.4) is 0 Å². The molecule has 1 aromatic carbocycles. The van der Waals surface area contributed by atoms with E-state index in [0.29, 0.717) is 5.69 Å². The number of esters is 1. The van der Waals surface area contributed by atoms with Crippen molar-refractivity contribution in [1.82, 2.24) is 4.57 Å². The molecule has 0 radical (unpaired) electrons. The number of ketones is 1. The lowest BCUT2D eigenvalue weighted by Crippen LogP contribution is -2.21. The third kappa shape index (κ3) is 2.46. The van der Waals surface area contributed by atoms with Crippen molar-refractivity contribution in [2.45, 2.75) is 33.7 Å². The van der Waals surface area contributed by atoms with Crippen molar-refractivity contribution in [3.8, 4) is 0 Å². The van der Waals surface area contributed by atoms with Crippen LogP contribution in [0.4, 0.5) is 0 Å². The smallest absolute Gasteiger partial charge is 0.381 e. The number of nitrogens with zero attached hydrogens (tertiary/aromatic N) is 1. The summed E-state index contributed by atoms with van der Waals surface area (Å²) in [6, 6.07) is 7.82. The molecular weight excluding hydrogens is 254 g/mol. The number of carbonyl (C=O) groups is 2. The Hall–Kier alpha value is -2.10. The van der Waals surface area contributed by atoms with Crippen LogP contribution in [0.2, 0.25) is 0 Å². The van der Waals surface area contributed by atoms with Crippen molar-refractivity contribution in [2.75, 3.05) is 6.61 Å². The second-order valence-corrected chi connectivity index (χ2v) is 5.11. The van der Waals surface area contributed by atoms with E-state index in [0.717, 1.165) is 16.5 Å². The van der Waals surface area contributed by atoms with Crippen molar-refractivity contribution < 1.29 is 14.3 Å². The van der Waals surface area contributed by atoms with Gasteiger partial charge in [-0.2, -0.15) is 0 Å². The standard InChI is InChI=1S/C16H19NO3/c1-5-20-16(19)15(18)14-9-12-7-6-11(4)8-13(12)17(14)10(2)3/h6-10H,5H2,1-4H3. The molecule has 0 atom stereocenters. The van der Waals surface area contributed by atoms with E-state index in [1.165, 1.54) is 0 Å². The summed E-state index contributed by atoms with van der Waals surface area (Å²) < 4.78 is 6.70. The van der Waals surface area contributed by atoms with E-state index in [9.17, 15) is 9.59 Å². The second-order valence-electron chi connectivity index (χ2n) is 5.11. The summed E-state index contributed by atoms with van der Waals surface area (Å²) >= 11 is 0. The Morgan fingerprint density at radius 3 is 2.55 bits per heavy atom. The zero-order valence-corrected chi connectivity index (χ0v) is 12.3. The summed E-state index contributed by atoms with van der Waals surface area (Å²) in [6.45, 7) is 7.87. The lowest BCUT2D eigenvalue weighted by atomic mass is 10.2. The third-order valence-corrected chi connectivity index (χ3v) is 3.21. The number of hydrogen-bond donors (Lipinski definition) is 0. The van der Waals surface area contributed by atoms with Gasteiger partial charge in [-0.3, -0.25) is 4.79 Å². The highest BCUT2D eigenvalue weighted by atomic mass is 16.5. The Bertz CT molecular complexity index is 668. The fourth-order valence-corrected chi connectivity index (χ4v) is 2.36. The lowest BCUT2D eigenvalue weighted by Gasteiger charge is -2.13. The minimum atomic E-state index is -0.797. The van der Waals surface area contributed by atoms with Gasteiger partial charge >= 0.3 is 5.97 Å². The molecule has 0 saturated carbocycles. The van der Waals surface area contributed by atoms with E-state index in [2.05, 4.69) is 0 Å². The van der Waals surface area contributed by atoms with Gasteiger partial charge in [0.25, 0.3) is 5.78 Å². The zero-order chi connectivity index (χ0) is 14.9. The Labute approximate surface area is 118 Å². The Morgan fingerprint density at radius 1 is 1.25 bits per heavy atom. The summed E-state index contributed by atoms with van der Waals surface area (Å²) in [7, 11) is 0. The molecule has 4 nitrogen and oxygen atoms in total. The average Bonchev–Trinajstić information content (AvgIpc) is 2.76. The van der Waals surface area contributed by atoms with Crippen LogP contribution in [0.5, 0.6) is 0 Å². The Balaban J connectivity index is 2.61. The summed E-state index contributed by atoms with van der Waals surface area (Å²) in [5, 5.41) is 0.956. The monoisotopic (exact) mass is 273 g/mol. The van der Waals surface area contributed by atoms with Crippen LogP contribution in [0.1, 0.15) is 42.9 Å². The predicted octanol–water partition coefficient (Wildman–Crippen LogP) is 3.28. The number of hydrogen-bond acceptors (Lipinski definition) is 3. The predicted molar refractivity (Wildman–Crippen MR) is 78.0 cm³/mol. The van der Waals surface area contributed by atoms with E-state index >= 15 is 0 Å². The van der Waals surface area contributed by atoms with Gasteiger partial charge in [0.05, 0.1) is 12.3 Å². The highest BCUT2D eigenvalue weighted by Crippen LogP contribution is 2.25. The van der Waals surface area contributed by atoms with Gasteiger partial charge < -0.3 is 9.30 Å². The minimum Gasteiger partial charge on any atom is -0.460 e. The van der Waals surface area contributed by atoms with Crippen LogP contribution < -0.4 is 0 Å². The fourth-order valence-electron chi connectivity index (χ4n) is 2.36. The van der Waals surface area contributed by atoms with Crippen molar-refractivity contribution in [3.63, 3.8) is 0 Å². The van der Waals surface area contributed by atoms with Crippen LogP contribution >= 0.6 is 0 Å². The van der Waals surface area contributed by atoms with Gasteiger partial charge in [-0.15, -0.1) is 0 Å². The lowest BCUT2D eigenvalue weighted by molar-refractivity contribution is -0.137. The highest BCUT2D eigenvalue weighted by Gasteiger charge is 2.24. The number of aryl methyl sites for hydroxylation is 1. The number of carbonyl (C=O) groups excluding carboxylic acids is 2. The number of Topliss-reactive ketones (excluding diaryl/α,β-unsaturated/α-hetero) is 1. The van der Waals surface area contributed by atoms with E-state index in [-0.39, 0.29) is 12.6 Å². The molecule has 106 valence electrons. The molecule has 2 aromatic rings. The SMILES string of the molecule is CCOC(=O)C(=O)c1cc2ccc(C)cc2n1C(C)C. The average molecular weight is 273 g/mol. The fraction of sp³-hybridized carbons (Fsp3) is 0.375. The maximum absolute atomic E-state index is 12.2. The number of fused-ring (bicyclic) bond motifs is 1. The second kappa shape index (κ2) is 5.49. The van der Waals surface area contributed by atoms with Gasteiger partial charge in [-0.25, -0.2) is 4.79 Å². The molecule has 2 rings (SSSR count). The van der Waals surface area contributed by atoms with Crippen LogP contribution in [0.25, 0.3) is 10.9 Å². The molecule has 0 aliphatic rings. The van der Waals surface area contributed by atoms with Crippen LogP contribution in [-0.2, 0) is 9.53 Å². The minimum absolute atomic E-state index is 0.0858. The maximum atomic E-state index is 12.2. The van der Waals surface area contributed by atoms with E-state index in [4.69, 9.17) is 4.74 Å². The molecule has 0 aliphatic carbocycles. The summed E-state index contributed by atoms with van der Waals surface area (Å²) in [4.78, 5) is 23.9. The van der Waals surface area contributed by atoms with Crippen molar-refractivity contribution in [1.29, 1.82) is 0 Å². The van der Waals surface area contributed by atoms with Gasteiger partial charge in [-0.05, 0) is 45.4 Å². The third-order valence-electron chi connectivity index (χ3n) is 3.21. The quantitative estimate of drug-likeness (QED) is 0.488. The molecule has 20 heavy (non-hydrogen) atoms. The first-order valence-electron chi connectivity index (χ1n) is 6.78. The molecule has 0 bridgehead atoms. The summed E-state index contributed by atoms with van der Waals surface area (Å²) in [5.41, 5.74) is 2.47. The Morgan fingerprint density at radius 2 is 1.95 bits per heavy atom. The van der Waals surface area contributed by atoms with Gasteiger partial charge in [0.1, 0.15) is 0 Å². The topological polar surface area (TPSA) is 48.3 Å². The van der Waals surface area contributed by atoms with Gasteiger partial charge in [0, 0.05) is 16.9 Å². The molecule has 1 aromatic heterocycles. The molecule has 0 N–H and O–H groups in total. The van der Waals surface area contributed by atoms with E-state index in [1.807, 2.05) is 43.5 Å². The molecule has 4 heteroatoms. The normalized spacial score (nSPS) is 11.1. The van der Waals surface area contributed by atoms with Crippen molar-refractivity contribution in [2.24, 2.45) is 0 Å². The number of rotatable bonds is 4. The summed E-state index contributed by atoms with van der Waals surface area (Å²) in [6.07, 6.45) is 0. The molecule has 0 fully saturated rings. The molecule has 0 amide bonds. The van der Waals surface area contributed by atoms with Crippen molar-refractivity contribution in [3.05, 3.63) is 35.5 Å². The maximum Gasteiger partial charge on any atom is 0.381 e. The van der Waals surface area contributed by atoms with Crippen LogP contribution in [-0.4, -0.2) is 22.9 Å². The van der Waals surface area contributed by atoms with Gasteiger partial charge in [0.2, 0.25) is 0 Å². The molecular formula is C16H19NO3. The highest BCUT2D eigenvalue weighted by molar-refractivity contribution is 6.40. The van der Waals surface area contributed by atoms with Gasteiger partial charge in [0.15, 0.2) is 0 Å². The summed E-state index contributed by atoms with van der Waals surface area (Å²) in [5.74, 6) is -1.39. The van der Waals surface area contributed by atoms with E-state index < -0.39 is 11.8 Å². The van der Waals surface area contributed by atoms with Crippen LogP contribution in [0, 0.1) is 6.92 Å². The largest absolute Gasteiger partial charge is 0.460 e. The molecule has 1 heterocycles. The number of aromatic nitrogens is 1. The molecule has 0 saturated heterocycles. The first kappa shape index (κ1) is 14.3. The molecule has 0 unspecified atom stereocenters. The van der Waals surface area contributed by atoms with E-state index in [1.54, 1.807) is 13.0 Å². The van der Waals surface area contributed by atoms with Crippen molar-refractivity contribution >= 4 is 22.7 Å².